The monoisotopic (exact) mass is 310 g/mol. The van der Waals surface area contributed by atoms with Crippen molar-refractivity contribution in [2.45, 2.75) is 65.5 Å². The zero-order valence-electron chi connectivity index (χ0n) is 13.8. The van der Waals surface area contributed by atoms with Crippen LogP contribution in [0.4, 0.5) is 0 Å². The average Bonchev–Trinajstić information content (AvgIpc) is 2.51. The van der Waals surface area contributed by atoms with E-state index in [0.717, 1.165) is 38.5 Å². The average molecular weight is 310 g/mol. The smallest absolute Gasteiger partial charge is 0.355 e. The molecule has 6 nitrogen and oxygen atoms in total. The van der Waals surface area contributed by atoms with Crippen molar-refractivity contribution in [3.63, 3.8) is 0 Å². The molecule has 6 heteroatoms. The Morgan fingerprint density at radius 3 is 2.05 bits per heavy atom. The van der Waals surface area contributed by atoms with Crippen molar-refractivity contribution in [3.8, 4) is 0 Å². The molecule has 0 bridgehead atoms. The van der Waals surface area contributed by atoms with Crippen molar-refractivity contribution >= 4 is 5.97 Å². The summed E-state index contributed by atoms with van der Waals surface area (Å²) in [6.07, 6.45) is 5.51. The highest BCUT2D eigenvalue weighted by Crippen LogP contribution is 2.03. The third-order valence-electron chi connectivity index (χ3n) is 3.64. The van der Waals surface area contributed by atoms with Crippen LogP contribution < -0.4 is 11.2 Å². The molecule has 0 N–H and O–H groups in total. The molecule has 0 aliphatic carbocycles. The Bertz CT molecular complexity index is 601. The quantitative estimate of drug-likeness (QED) is 0.518. The summed E-state index contributed by atoms with van der Waals surface area (Å²) in [6, 6.07) is 1.21. The van der Waals surface area contributed by atoms with Crippen LogP contribution in [0.3, 0.4) is 0 Å². The number of unbranched alkanes of at least 4 members (excludes halogenated alkanes) is 4. The number of esters is 1. The van der Waals surface area contributed by atoms with Gasteiger partial charge in [0, 0.05) is 19.2 Å². The number of methoxy groups -OCH3 is 1. The molecule has 0 fully saturated rings. The van der Waals surface area contributed by atoms with Crippen molar-refractivity contribution in [2.24, 2.45) is 0 Å². The van der Waals surface area contributed by atoms with Gasteiger partial charge in [0.25, 0.3) is 5.56 Å². The van der Waals surface area contributed by atoms with Crippen LogP contribution in [0.15, 0.2) is 15.7 Å². The molecule has 1 aromatic heterocycles. The summed E-state index contributed by atoms with van der Waals surface area (Å²) in [5.41, 5.74) is -0.811. The minimum absolute atomic E-state index is 0.0420. The molecule has 0 aromatic carbocycles. The molecule has 1 heterocycles. The first-order chi connectivity index (χ1) is 10.6. The molecule has 124 valence electrons. The first-order valence-electron chi connectivity index (χ1n) is 7.99. The minimum Gasteiger partial charge on any atom is -0.464 e. The van der Waals surface area contributed by atoms with Gasteiger partial charge in [0.05, 0.1) is 7.11 Å². The van der Waals surface area contributed by atoms with Crippen LogP contribution in [-0.4, -0.2) is 22.2 Å². The lowest BCUT2D eigenvalue weighted by Crippen LogP contribution is -2.42. The molecule has 0 atom stereocenters. The Labute approximate surface area is 130 Å². The molecule has 0 aliphatic heterocycles. The van der Waals surface area contributed by atoms with E-state index in [9.17, 15) is 14.4 Å². The Hall–Kier alpha value is -1.85. The first-order valence-corrected chi connectivity index (χ1v) is 7.99. The van der Waals surface area contributed by atoms with Gasteiger partial charge in [-0.1, -0.05) is 39.5 Å². The maximum Gasteiger partial charge on any atom is 0.355 e. The number of ether oxygens (including phenoxy) is 1. The summed E-state index contributed by atoms with van der Waals surface area (Å²) < 4.78 is 7.27. The van der Waals surface area contributed by atoms with Gasteiger partial charge in [0.2, 0.25) is 0 Å². The number of carbonyl (C=O) groups excluding carboxylic acids is 1. The fourth-order valence-electron chi connectivity index (χ4n) is 2.35. The lowest BCUT2D eigenvalue weighted by atomic mass is 10.2. The number of hydrogen-bond donors (Lipinski definition) is 0. The molecule has 0 unspecified atom stereocenters. The lowest BCUT2D eigenvalue weighted by Gasteiger charge is -2.14. The summed E-state index contributed by atoms with van der Waals surface area (Å²) in [5.74, 6) is -0.647. The Morgan fingerprint density at radius 2 is 1.55 bits per heavy atom. The standard InChI is InChI=1S/C16H26N2O4/c1-4-6-8-10-17-13(15(20)22-3)12-14(19)18(16(17)21)11-9-7-5-2/h12H,4-11H2,1-3H3. The summed E-state index contributed by atoms with van der Waals surface area (Å²) in [4.78, 5) is 36.4. The molecular formula is C16H26N2O4. The minimum atomic E-state index is -0.647. The third-order valence-corrected chi connectivity index (χ3v) is 3.64. The van der Waals surface area contributed by atoms with Crippen LogP contribution in [0, 0.1) is 0 Å². The van der Waals surface area contributed by atoms with Gasteiger partial charge in [-0.05, 0) is 12.8 Å². The van der Waals surface area contributed by atoms with Crippen molar-refractivity contribution in [1.29, 1.82) is 0 Å². The first kappa shape index (κ1) is 18.2. The van der Waals surface area contributed by atoms with Gasteiger partial charge in [-0.25, -0.2) is 9.59 Å². The van der Waals surface area contributed by atoms with Gasteiger partial charge >= 0.3 is 11.7 Å². The molecule has 0 radical (unpaired) electrons. The largest absolute Gasteiger partial charge is 0.464 e. The molecule has 22 heavy (non-hydrogen) atoms. The van der Waals surface area contributed by atoms with E-state index in [-0.39, 0.29) is 5.69 Å². The van der Waals surface area contributed by atoms with Gasteiger partial charge in [0.15, 0.2) is 0 Å². The van der Waals surface area contributed by atoms with Crippen LogP contribution in [-0.2, 0) is 17.8 Å². The van der Waals surface area contributed by atoms with Crippen LogP contribution in [0.25, 0.3) is 0 Å². The fraction of sp³-hybridized carbons (Fsp3) is 0.688. The Kier molecular flexibility index (Phi) is 7.63. The Balaban J connectivity index is 3.21. The predicted octanol–water partition coefficient (Wildman–Crippen LogP) is 2.18. The van der Waals surface area contributed by atoms with E-state index in [1.165, 1.54) is 22.3 Å². The summed E-state index contributed by atoms with van der Waals surface area (Å²) >= 11 is 0. The molecular weight excluding hydrogens is 284 g/mol. The highest BCUT2D eigenvalue weighted by atomic mass is 16.5. The summed E-state index contributed by atoms with van der Waals surface area (Å²) in [5, 5.41) is 0. The topological polar surface area (TPSA) is 70.3 Å². The highest BCUT2D eigenvalue weighted by Gasteiger charge is 2.17. The molecule has 0 aliphatic rings. The number of aromatic nitrogens is 2. The molecule has 0 saturated carbocycles. The van der Waals surface area contributed by atoms with E-state index in [1.807, 2.05) is 0 Å². The van der Waals surface area contributed by atoms with Gasteiger partial charge in [-0.3, -0.25) is 13.9 Å². The maximum atomic E-state index is 12.5. The van der Waals surface area contributed by atoms with Crippen molar-refractivity contribution < 1.29 is 9.53 Å². The van der Waals surface area contributed by atoms with E-state index < -0.39 is 17.2 Å². The van der Waals surface area contributed by atoms with Gasteiger partial charge in [-0.15, -0.1) is 0 Å². The van der Waals surface area contributed by atoms with Crippen molar-refractivity contribution in [3.05, 3.63) is 32.6 Å². The zero-order chi connectivity index (χ0) is 16.5. The third kappa shape index (κ3) is 4.58. The van der Waals surface area contributed by atoms with E-state index in [0.29, 0.717) is 13.1 Å². The van der Waals surface area contributed by atoms with Crippen molar-refractivity contribution in [1.82, 2.24) is 9.13 Å². The molecule has 0 amide bonds. The van der Waals surface area contributed by atoms with E-state index in [1.54, 1.807) is 0 Å². The van der Waals surface area contributed by atoms with Crippen LogP contribution in [0.2, 0.25) is 0 Å². The number of rotatable bonds is 9. The SMILES string of the molecule is CCCCCn1c(C(=O)OC)cc(=O)n(CCCCC)c1=O. The summed E-state index contributed by atoms with van der Waals surface area (Å²) in [6.45, 7) is 4.94. The predicted molar refractivity (Wildman–Crippen MR) is 85.4 cm³/mol. The van der Waals surface area contributed by atoms with Crippen molar-refractivity contribution in [2.75, 3.05) is 7.11 Å². The van der Waals surface area contributed by atoms with Crippen LogP contribution >= 0.6 is 0 Å². The lowest BCUT2D eigenvalue weighted by molar-refractivity contribution is 0.0585. The van der Waals surface area contributed by atoms with Gasteiger partial charge in [0.1, 0.15) is 5.69 Å². The summed E-state index contributed by atoms with van der Waals surface area (Å²) in [7, 11) is 1.25. The Morgan fingerprint density at radius 1 is 1.00 bits per heavy atom. The van der Waals surface area contributed by atoms with Gasteiger partial charge in [-0.2, -0.15) is 0 Å². The molecule has 1 aromatic rings. The molecule has 1 rings (SSSR count). The number of nitrogens with zero attached hydrogens (tertiary/aromatic N) is 2. The second-order valence-corrected chi connectivity index (χ2v) is 5.36. The van der Waals surface area contributed by atoms with Crippen LogP contribution in [0.5, 0.6) is 0 Å². The molecule has 0 spiro atoms. The van der Waals surface area contributed by atoms with E-state index in [2.05, 4.69) is 18.6 Å². The van der Waals surface area contributed by atoms with Crippen LogP contribution in [0.1, 0.15) is 62.9 Å². The second kappa shape index (κ2) is 9.23. The maximum absolute atomic E-state index is 12.5. The van der Waals surface area contributed by atoms with E-state index >= 15 is 0 Å². The normalized spacial score (nSPS) is 10.7. The molecule has 0 saturated heterocycles. The number of hydrogen-bond acceptors (Lipinski definition) is 4. The second-order valence-electron chi connectivity index (χ2n) is 5.36. The fourth-order valence-corrected chi connectivity index (χ4v) is 2.35. The van der Waals surface area contributed by atoms with Gasteiger partial charge < -0.3 is 4.74 Å². The highest BCUT2D eigenvalue weighted by molar-refractivity contribution is 5.87. The number of carbonyl (C=O) groups is 1. The van der Waals surface area contributed by atoms with E-state index in [4.69, 9.17) is 0 Å². The zero-order valence-corrected chi connectivity index (χ0v) is 13.8.